The molecule has 2 saturated carbocycles. The van der Waals surface area contributed by atoms with E-state index in [-0.39, 0.29) is 0 Å². The molecule has 0 aliphatic heterocycles. The Kier molecular flexibility index (Phi) is 6.97. The smallest absolute Gasteiger partial charge is 0.00314 e. The van der Waals surface area contributed by atoms with Crippen molar-refractivity contribution in [1.29, 1.82) is 0 Å². The summed E-state index contributed by atoms with van der Waals surface area (Å²) in [6, 6.07) is 1.56. The molecule has 0 nitrogen and oxygen atoms in total. The molecule has 0 heterocycles. The molecule has 2 rings (SSSR count). The molecule has 0 saturated heterocycles. The molecule has 0 bridgehead atoms. The first-order valence-corrected chi connectivity index (χ1v) is 10.7. The van der Waals surface area contributed by atoms with Gasteiger partial charge in [-0.25, -0.2) is 0 Å². The molecule has 2 fully saturated rings. The van der Waals surface area contributed by atoms with E-state index in [4.69, 9.17) is 0 Å². The number of hydrogen-bond donors (Lipinski definition) is 0. The summed E-state index contributed by atoms with van der Waals surface area (Å²) < 4.78 is 0. The lowest BCUT2D eigenvalue weighted by Gasteiger charge is -2.28. The fourth-order valence-electron chi connectivity index (χ4n) is 4.41. The molecular weight excluding hydrogens is 244 g/mol. The van der Waals surface area contributed by atoms with Crippen molar-refractivity contribution in [3.05, 3.63) is 0 Å². The van der Waals surface area contributed by atoms with E-state index >= 15 is 0 Å². The van der Waals surface area contributed by atoms with Crippen molar-refractivity contribution in [3.8, 4) is 0 Å². The van der Waals surface area contributed by atoms with Gasteiger partial charge in [0, 0.05) is 10.2 Å². The van der Waals surface area contributed by atoms with Crippen LogP contribution in [0.3, 0.4) is 0 Å². The third-order valence-electron chi connectivity index (χ3n) is 6.15. The average Bonchev–Trinajstić information content (AvgIpc) is 2.46. The van der Waals surface area contributed by atoms with Crippen molar-refractivity contribution >= 4 is 10.2 Å². The van der Waals surface area contributed by atoms with Crippen LogP contribution in [0.15, 0.2) is 0 Å². The minimum atomic E-state index is 1.02. The molecule has 0 atom stereocenters. The second kappa shape index (κ2) is 8.49. The Labute approximate surface area is 124 Å². The van der Waals surface area contributed by atoms with E-state index in [1.807, 2.05) is 0 Å². The summed E-state index contributed by atoms with van der Waals surface area (Å²) in [6.07, 6.45) is 18.5. The van der Waals surface area contributed by atoms with Crippen LogP contribution in [0, 0.1) is 23.7 Å². The normalized spacial score (nSPS) is 36.5. The third-order valence-corrected chi connectivity index (χ3v) is 7.31. The van der Waals surface area contributed by atoms with E-state index in [2.05, 4.69) is 6.92 Å². The third kappa shape index (κ3) is 5.61. The second-order valence-corrected chi connectivity index (χ2v) is 8.52. The molecule has 0 amide bonds. The SMILES string of the molecule is CC1CCC(CCCCC2CCC(C[SiH3])CC2)CC1. The predicted molar refractivity (Wildman–Crippen MR) is 89.8 cm³/mol. The second-order valence-electron chi connectivity index (χ2n) is 7.71. The van der Waals surface area contributed by atoms with Crippen LogP contribution in [0.2, 0.25) is 6.04 Å². The van der Waals surface area contributed by atoms with Crippen molar-refractivity contribution in [2.45, 2.75) is 90.0 Å². The Bertz CT molecular complexity index is 222. The fraction of sp³-hybridized carbons (Fsp3) is 1.00. The van der Waals surface area contributed by atoms with Gasteiger partial charge in [0.1, 0.15) is 0 Å². The highest BCUT2D eigenvalue weighted by Gasteiger charge is 2.20. The zero-order chi connectivity index (χ0) is 13.5. The maximum atomic E-state index is 2.44. The average molecular weight is 281 g/mol. The van der Waals surface area contributed by atoms with Crippen LogP contribution in [-0.2, 0) is 0 Å². The van der Waals surface area contributed by atoms with Crippen LogP contribution in [0.5, 0.6) is 0 Å². The number of unbranched alkanes of at least 4 members (excludes halogenated alkanes) is 1. The first-order valence-electron chi connectivity index (χ1n) is 9.28. The van der Waals surface area contributed by atoms with Gasteiger partial charge in [0.25, 0.3) is 0 Å². The van der Waals surface area contributed by atoms with Crippen LogP contribution >= 0.6 is 0 Å². The summed E-state index contributed by atoms with van der Waals surface area (Å²) in [5, 5.41) is 0. The lowest BCUT2D eigenvalue weighted by molar-refractivity contribution is 0.254. The highest BCUT2D eigenvalue weighted by atomic mass is 28.1. The first kappa shape index (κ1) is 15.6. The zero-order valence-electron chi connectivity index (χ0n) is 13.5. The molecule has 112 valence electrons. The van der Waals surface area contributed by atoms with Crippen molar-refractivity contribution in [1.82, 2.24) is 0 Å². The highest BCUT2D eigenvalue weighted by Crippen LogP contribution is 2.35. The van der Waals surface area contributed by atoms with Crippen LogP contribution in [0.4, 0.5) is 0 Å². The zero-order valence-corrected chi connectivity index (χ0v) is 15.5. The van der Waals surface area contributed by atoms with E-state index < -0.39 is 0 Å². The number of rotatable bonds is 6. The van der Waals surface area contributed by atoms with E-state index in [1.54, 1.807) is 44.6 Å². The monoisotopic (exact) mass is 280 g/mol. The summed E-state index contributed by atoms with van der Waals surface area (Å²) in [6.45, 7) is 2.44. The molecule has 0 spiro atoms. The van der Waals surface area contributed by atoms with Gasteiger partial charge >= 0.3 is 0 Å². The van der Waals surface area contributed by atoms with E-state index in [9.17, 15) is 0 Å². The van der Waals surface area contributed by atoms with Gasteiger partial charge in [-0.3, -0.25) is 0 Å². The maximum Gasteiger partial charge on any atom is 0.00314 e. The topological polar surface area (TPSA) is 0 Å². The Morgan fingerprint density at radius 1 is 0.684 bits per heavy atom. The predicted octanol–water partition coefficient (Wildman–Crippen LogP) is 4.96. The summed E-state index contributed by atoms with van der Waals surface area (Å²) in [5.41, 5.74) is 0. The molecular formula is C18H36Si. The van der Waals surface area contributed by atoms with Gasteiger partial charge in [0.2, 0.25) is 0 Å². The van der Waals surface area contributed by atoms with Gasteiger partial charge in [-0.15, -0.1) is 0 Å². The van der Waals surface area contributed by atoms with Crippen LogP contribution in [0.1, 0.15) is 84.0 Å². The van der Waals surface area contributed by atoms with Gasteiger partial charge in [-0.2, -0.15) is 0 Å². The van der Waals surface area contributed by atoms with Crippen LogP contribution in [0.25, 0.3) is 0 Å². The van der Waals surface area contributed by atoms with Crippen LogP contribution < -0.4 is 0 Å². The Morgan fingerprint density at radius 3 is 1.58 bits per heavy atom. The van der Waals surface area contributed by atoms with Crippen molar-refractivity contribution in [2.24, 2.45) is 23.7 Å². The standard InChI is InChI=1S/C18H36Si/c1-15-6-8-16(9-7-15)4-2-3-5-17-10-12-18(14-19)13-11-17/h15-18H,2-14H2,1,19H3. The molecule has 2 aliphatic carbocycles. The molecule has 0 aromatic heterocycles. The van der Waals surface area contributed by atoms with Gasteiger partial charge < -0.3 is 0 Å². The molecule has 2 aliphatic rings. The number of hydrogen-bond acceptors (Lipinski definition) is 0. The molecule has 0 aromatic carbocycles. The van der Waals surface area contributed by atoms with Gasteiger partial charge in [0.05, 0.1) is 0 Å². The van der Waals surface area contributed by atoms with Gasteiger partial charge in [-0.05, 0) is 23.7 Å². The largest absolute Gasteiger partial charge is 0.0631 e. The molecule has 19 heavy (non-hydrogen) atoms. The van der Waals surface area contributed by atoms with Crippen molar-refractivity contribution < 1.29 is 0 Å². The van der Waals surface area contributed by atoms with E-state index in [0.29, 0.717) is 0 Å². The molecule has 0 radical (unpaired) electrons. The van der Waals surface area contributed by atoms with Crippen LogP contribution in [-0.4, -0.2) is 10.2 Å². The summed E-state index contributed by atoms with van der Waals surface area (Å²) >= 11 is 0. The Balaban J connectivity index is 1.48. The van der Waals surface area contributed by atoms with E-state index in [0.717, 1.165) is 23.7 Å². The van der Waals surface area contributed by atoms with Crippen molar-refractivity contribution in [2.75, 3.05) is 0 Å². The lowest BCUT2D eigenvalue weighted by atomic mass is 9.79. The van der Waals surface area contributed by atoms with Crippen molar-refractivity contribution in [3.63, 3.8) is 0 Å². The Morgan fingerprint density at radius 2 is 1.11 bits per heavy atom. The minimum Gasteiger partial charge on any atom is -0.0631 e. The fourth-order valence-corrected chi connectivity index (χ4v) is 5.23. The highest BCUT2D eigenvalue weighted by molar-refractivity contribution is 6.08. The Hall–Kier alpha value is 0.217. The first-order chi connectivity index (χ1) is 9.28. The van der Waals surface area contributed by atoms with Gasteiger partial charge in [0.15, 0.2) is 0 Å². The van der Waals surface area contributed by atoms with E-state index in [1.165, 1.54) is 48.8 Å². The molecule has 0 unspecified atom stereocenters. The maximum absolute atomic E-state index is 2.44. The lowest BCUT2D eigenvalue weighted by Crippen LogP contribution is -2.14. The summed E-state index contributed by atoms with van der Waals surface area (Å²) in [5.74, 6) is 4.35. The summed E-state index contributed by atoms with van der Waals surface area (Å²) in [4.78, 5) is 0. The quantitative estimate of drug-likeness (QED) is 0.476. The molecule has 0 aromatic rings. The summed E-state index contributed by atoms with van der Waals surface area (Å²) in [7, 11) is 1.43. The van der Waals surface area contributed by atoms with Gasteiger partial charge in [-0.1, -0.05) is 90.0 Å². The minimum absolute atomic E-state index is 1.02. The molecule has 1 heteroatoms. The molecule has 0 N–H and O–H groups in total.